The molecule has 0 radical (unpaired) electrons. The average Bonchev–Trinajstić information content (AvgIpc) is 3.07. The van der Waals surface area contributed by atoms with E-state index in [1.807, 2.05) is 0 Å². The summed E-state index contributed by atoms with van der Waals surface area (Å²) in [6.45, 7) is 5.54. The Bertz CT molecular complexity index is 597. The number of amides is 1. The third-order valence-electron chi connectivity index (χ3n) is 3.87. The molecule has 0 bridgehead atoms. The van der Waals surface area contributed by atoms with Crippen molar-refractivity contribution in [2.75, 3.05) is 37.7 Å². The van der Waals surface area contributed by atoms with Gasteiger partial charge in [0.05, 0.1) is 22.8 Å². The van der Waals surface area contributed by atoms with Gasteiger partial charge in [-0.05, 0) is 18.9 Å². The zero-order valence-corrected chi connectivity index (χ0v) is 13.0. The Morgan fingerprint density at radius 3 is 2.70 bits per heavy atom. The number of hydrogen-bond donors (Lipinski definition) is 1. The highest BCUT2D eigenvalue weighted by molar-refractivity contribution is 6.00. The minimum Gasteiger partial charge on any atom is -0.395 e. The molecule has 0 aliphatic carbocycles. The Labute approximate surface area is 135 Å². The van der Waals surface area contributed by atoms with Crippen molar-refractivity contribution in [3.8, 4) is 0 Å². The van der Waals surface area contributed by atoms with E-state index in [-0.39, 0.29) is 31.3 Å². The topological polar surface area (TPSA) is 86.9 Å². The van der Waals surface area contributed by atoms with E-state index in [2.05, 4.69) is 11.5 Å². The number of hydrogen-bond acceptors (Lipinski definition) is 5. The van der Waals surface area contributed by atoms with Crippen LogP contribution in [0.4, 0.5) is 11.4 Å². The lowest BCUT2D eigenvalue weighted by Crippen LogP contribution is -2.35. The number of aliphatic hydroxyl groups is 1. The maximum absolute atomic E-state index is 12.8. The molecule has 7 heteroatoms. The maximum atomic E-state index is 12.8. The Hall–Kier alpha value is -2.41. The first-order chi connectivity index (χ1) is 11.1. The molecule has 23 heavy (non-hydrogen) atoms. The van der Waals surface area contributed by atoms with Crippen LogP contribution in [0.1, 0.15) is 23.2 Å². The number of nitrogens with zero attached hydrogens (tertiary/aromatic N) is 3. The van der Waals surface area contributed by atoms with Crippen LogP contribution in [0.15, 0.2) is 30.9 Å². The predicted molar refractivity (Wildman–Crippen MR) is 87.7 cm³/mol. The second-order valence-electron chi connectivity index (χ2n) is 5.42. The number of carbonyl (C=O) groups is 1. The summed E-state index contributed by atoms with van der Waals surface area (Å²) in [7, 11) is 0. The smallest absolute Gasteiger partial charge is 0.270 e. The average molecular weight is 319 g/mol. The summed E-state index contributed by atoms with van der Waals surface area (Å²) in [5, 5.41) is 20.2. The fourth-order valence-electron chi connectivity index (χ4n) is 2.77. The molecule has 0 spiro atoms. The minimum atomic E-state index is -0.506. The third-order valence-corrected chi connectivity index (χ3v) is 3.87. The van der Waals surface area contributed by atoms with Gasteiger partial charge >= 0.3 is 0 Å². The SMILES string of the molecule is C=CCN(CCO)C(=O)c1cc([N+](=O)[O-])ccc1N1CCCC1. The molecule has 1 N–H and O–H groups in total. The van der Waals surface area contributed by atoms with Crippen molar-refractivity contribution in [1.29, 1.82) is 0 Å². The van der Waals surface area contributed by atoms with Crippen molar-refractivity contribution < 1.29 is 14.8 Å². The lowest BCUT2D eigenvalue weighted by atomic mass is 10.1. The fourth-order valence-corrected chi connectivity index (χ4v) is 2.77. The van der Waals surface area contributed by atoms with Crippen LogP contribution in [-0.2, 0) is 0 Å². The van der Waals surface area contributed by atoms with E-state index in [1.54, 1.807) is 12.1 Å². The lowest BCUT2D eigenvalue weighted by Gasteiger charge is -2.25. The first kappa shape index (κ1) is 17.0. The molecule has 1 aromatic rings. The third kappa shape index (κ3) is 3.87. The van der Waals surface area contributed by atoms with E-state index in [0.29, 0.717) is 11.3 Å². The summed E-state index contributed by atoms with van der Waals surface area (Å²) in [4.78, 5) is 26.8. The zero-order chi connectivity index (χ0) is 16.8. The molecule has 0 atom stereocenters. The standard InChI is InChI=1S/C16H21N3O4/c1-2-7-18(10-11-20)16(21)14-12-13(19(22)23)5-6-15(14)17-8-3-4-9-17/h2,5-6,12,20H,1,3-4,7-11H2. The Kier molecular flexibility index (Phi) is 5.70. The number of benzene rings is 1. The lowest BCUT2D eigenvalue weighted by molar-refractivity contribution is -0.384. The molecule has 7 nitrogen and oxygen atoms in total. The van der Waals surface area contributed by atoms with Gasteiger partial charge in [-0.2, -0.15) is 0 Å². The van der Waals surface area contributed by atoms with Crippen LogP contribution in [0, 0.1) is 10.1 Å². The highest BCUT2D eigenvalue weighted by Gasteiger charge is 2.25. The number of anilines is 1. The van der Waals surface area contributed by atoms with Crippen LogP contribution < -0.4 is 4.90 Å². The molecule has 2 rings (SSSR count). The molecule has 1 aromatic carbocycles. The van der Waals surface area contributed by atoms with Crippen molar-refractivity contribution in [2.24, 2.45) is 0 Å². The fraction of sp³-hybridized carbons (Fsp3) is 0.438. The van der Waals surface area contributed by atoms with Gasteiger partial charge < -0.3 is 14.9 Å². The number of aliphatic hydroxyl groups excluding tert-OH is 1. The molecule has 0 unspecified atom stereocenters. The van der Waals surface area contributed by atoms with E-state index >= 15 is 0 Å². The Morgan fingerprint density at radius 2 is 2.13 bits per heavy atom. The molecular formula is C16H21N3O4. The van der Waals surface area contributed by atoms with Gasteiger partial charge in [0.1, 0.15) is 0 Å². The number of nitro groups is 1. The highest BCUT2D eigenvalue weighted by Crippen LogP contribution is 2.29. The summed E-state index contributed by atoms with van der Waals surface area (Å²) in [5.41, 5.74) is 0.903. The Balaban J connectivity index is 2.42. The molecule has 1 heterocycles. The molecule has 1 fully saturated rings. The zero-order valence-electron chi connectivity index (χ0n) is 13.0. The van der Waals surface area contributed by atoms with Gasteiger partial charge in [-0.25, -0.2) is 0 Å². The normalized spacial score (nSPS) is 13.9. The molecule has 1 saturated heterocycles. The predicted octanol–water partition coefficient (Wildman–Crippen LogP) is 1.82. The van der Waals surface area contributed by atoms with Crippen LogP contribution in [0.5, 0.6) is 0 Å². The van der Waals surface area contributed by atoms with Gasteiger partial charge in [0.25, 0.3) is 11.6 Å². The van der Waals surface area contributed by atoms with Crippen LogP contribution in [0.3, 0.4) is 0 Å². The van der Waals surface area contributed by atoms with Crippen LogP contribution in [-0.4, -0.2) is 53.6 Å². The van der Waals surface area contributed by atoms with Crippen molar-refractivity contribution in [2.45, 2.75) is 12.8 Å². The second-order valence-corrected chi connectivity index (χ2v) is 5.42. The van der Waals surface area contributed by atoms with Crippen molar-refractivity contribution in [3.63, 3.8) is 0 Å². The van der Waals surface area contributed by atoms with Gasteiger partial charge in [-0.1, -0.05) is 6.08 Å². The first-order valence-electron chi connectivity index (χ1n) is 7.63. The number of carbonyl (C=O) groups excluding carboxylic acids is 1. The molecular weight excluding hydrogens is 298 g/mol. The molecule has 1 aliphatic rings. The second kappa shape index (κ2) is 7.73. The minimum absolute atomic E-state index is 0.112. The van der Waals surface area contributed by atoms with Gasteiger partial charge in [-0.3, -0.25) is 14.9 Å². The van der Waals surface area contributed by atoms with Gasteiger partial charge in [-0.15, -0.1) is 6.58 Å². The summed E-state index contributed by atoms with van der Waals surface area (Å²) in [6.07, 6.45) is 3.65. The van der Waals surface area contributed by atoms with Crippen molar-refractivity contribution in [1.82, 2.24) is 4.90 Å². The van der Waals surface area contributed by atoms with Crippen LogP contribution in [0.25, 0.3) is 0 Å². The summed E-state index contributed by atoms with van der Waals surface area (Å²) in [6, 6.07) is 4.39. The molecule has 0 aromatic heterocycles. The van der Waals surface area contributed by atoms with Crippen LogP contribution >= 0.6 is 0 Å². The van der Waals surface area contributed by atoms with E-state index in [0.717, 1.165) is 25.9 Å². The summed E-state index contributed by atoms with van der Waals surface area (Å²) in [5.74, 6) is -0.329. The van der Waals surface area contributed by atoms with Crippen LogP contribution in [0.2, 0.25) is 0 Å². The summed E-state index contributed by atoms with van der Waals surface area (Å²) >= 11 is 0. The van der Waals surface area contributed by atoms with Gasteiger partial charge in [0.15, 0.2) is 0 Å². The number of nitro benzene ring substituents is 1. The molecule has 1 amide bonds. The largest absolute Gasteiger partial charge is 0.395 e. The van der Waals surface area contributed by atoms with E-state index in [4.69, 9.17) is 5.11 Å². The summed E-state index contributed by atoms with van der Waals surface area (Å²) < 4.78 is 0. The van der Waals surface area contributed by atoms with E-state index in [9.17, 15) is 14.9 Å². The maximum Gasteiger partial charge on any atom is 0.270 e. The van der Waals surface area contributed by atoms with Gasteiger partial charge in [0, 0.05) is 38.3 Å². The Morgan fingerprint density at radius 1 is 1.43 bits per heavy atom. The van der Waals surface area contributed by atoms with Crippen molar-refractivity contribution in [3.05, 3.63) is 46.5 Å². The highest BCUT2D eigenvalue weighted by atomic mass is 16.6. The number of rotatable bonds is 7. The molecule has 124 valence electrons. The number of non-ortho nitro benzene ring substituents is 1. The molecule has 0 saturated carbocycles. The first-order valence-corrected chi connectivity index (χ1v) is 7.63. The van der Waals surface area contributed by atoms with E-state index in [1.165, 1.54) is 17.0 Å². The van der Waals surface area contributed by atoms with E-state index < -0.39 is 4.92 Å². The molecule has 1 aliphatic heterocycles. The quantitative estimate of drug-likeness (QED) is 0.470. The van der Waals surface area contributed by atoms with Gasteiger partial charge in [0.2, 0.25) is 0 Å². The monoisotopic (exact) mass is 319 g/mol. The van der Waals surface area contributed by atoms with Crippen molar-refractivity contribution >= 4 is 17.3 Å².